The Hall–Kier alpha value is -1.57. The van der Waals surface area contributed by atoms with Crippen molar-refractivity contribution in [2.24, 2.45) is 5.92 Å². The largest absolute Gasteiger partial charge is 0.378 e. The molecular weight excluding hydrogens is 342 g/mol. The fourth-order valence-electron chi connectivity index (χ4n) is 4.64. The summed E-state index contributed by atoms with van der Waals surface area (Å²) in [6.45, 7) is 7.97. The van der Waals surface area contributed by atoms with Gasteiger partial charge in [0, 0.05) is 51.2 Å². The third-order valence-corrected chi connectivity index (χ3v) is 6.18. The molecule has 7 nitrogen and oxygen atoms in total. The molecule has 3 aliphatic heterocycles. The Balaban J connectivity index is 1.26. The van der Waals surface area contributed by atoms with Crippen molar-refractivity contribution in [2.75, 3.05) is 52.5 Å². The second-order valence-electron chi connectivity index (χ2n) is 7.94. The van der Waals surface area contributed by atoms with Crippen LogP contribution in [-0.4, -0.2) is 89.1 Å². The zero-order chi connectivity index (χ0) is 18.5. The van der Waals surface area contributed by atoms with Crippen molar-refractivity contribution in [1.82, 2.24) is 24.7 Å². The maximum atomic E-state index is 12.9. The van der Waals surface area contributed by atoms with E-state index in [1.165, 1.54) is 12.8 Å². The quantitative estimate of drug-likeness (QED) is 0.785. The highest BCUT2D eigenvalue weighted by molar-refractivity contribution is 5.79. The standard InChI is InChI=1S/C20H31N5O2/c26-20(24-11-13-27-14-12-24)17-3-1-8-25(15-17)18-4-9-23(10-5-18)16-19-21-6-2-7-22-19/h2,6-7,17-18H,1,3-5,8-16H2. The molecule has 3 aliphatic rings. The molecule has 0 aromatic carbocycles. The molecule has 0 aliphatic carbocycles. The van der Waals surface area contributed by atoms with Crippen LogP contribution in [0.2, 0.25) is 0 Å². The van der Waals surface area contributed by atoms with E-state index in [4.69, 9.17) is 4.74 Å². The van der Waals surface area contributed by atoms with Crippen LogP contribution in [0, 0.1) is 5.92 Å². The maximum Gasteiger partial charge on any atom is 0.227 e. The van der Waals surface area contributed by atoms with Crippen LogP contribution in [0.4, 0.5) is 0 Å². The highest BCUT2D eigenvalue weighted by atomic mass is 16.5. The molecule has 1 unspecified atom stereocenters. The molecule has 1 amide bonds. The van der Waals surface area contributed by atoms with Gasteiger partial charge in [0.25, 0.3) is 0 Å². The van der Waals surface area contributed by atoms with E-state index in [1.54, 1.807) is 0 Å². The predicted octanol–water partition coefficient (Wildman–Crippen LogP) is 1.01. The summed E-state index contributed by atoms with van der Waals surface area (Å²) in [5, 5.41) is 0. The molecule has 3 saturated heterocycles. The number of piperidine rings is 2. The van der Waals surface area contributed by atoms with Gasteiger partial charge >= 0.3 is 0 Å². The third-order valence-electron chi connectivity index (χ3n) is 6.18. The Morgan fingerprint density at radius 3 is 2.52 bits per heavy atom. The molecule has 0 spiro atoms. The summed E-state index contributed by atoms with van der Waals surface area (Å²) in [6, 6.07) is 2.47. The number of aromatic nitrogens is 2. The normalized spacial score (nSPS) is 26.2. The lowest BCUT2D eigenvalue weighted by Gasteiger charge is -2.43. The zero-order valence-corrected chi connectivity index (χ0v) is 16.1. The van der Waals surface area contributed by atoms with Crippen LogP contribution in [-0.2, 0) is 16.1 Å². The number of rotatable bonds is 4. The second-order valence-corrected chi connectivity index (χ2v) is 7.94. The van der Waals surface area contributed by atoms with Crippen LogP contribution in [0.15, 0.2) is 18.5 Å². The van der Waals surface area contributed by atoms with Crippen molar-refractivity contribution >= 4 is 5.91 Å². The van der Waals surface area contributed by atoms with Gasteiger partial charge in [0.15, 0.2) is 0 Å². The Bertz CT molecular complexity index is 600. The first-order valence-corrected chi connectivity index (χ1v) is 10.4. The van der Waals surface area contributed by atoms with Gasteiger partial charge in [-0.05, 0) is 38.3 Å². The molecule has 4 heterocycles. The van der Waals surface area contributed by atoms with Crippen molar-refractivity contribution < 1.29 is 9.53 Å². The highest BCUT2D eigenvalue weighted by Crippen LogP contribution is 2.25. The fourth-order valence-corrected chi connectivity index (χ4v) is 4.64. The number of carbonyl (C=O) groups excluding carboxylic acids is 1. The minimum Gasteiger partial charge on any atom is -0.378 e. The third kappa shape index (κ3) is 4.83. The number of carbonyl (C=O) groups is 1. The zero-order valence-electron chi connectivity index (χ0n) is 16.1. The lowest BCUT2D eigenvalue weighted by atomic mass is 9.92. The number of likely N-dealkylation sites (tertiary alicyclic amines) is 2. The highest BCUT2D eigenvalue weighted by Gasteiger charge is 2.33. The van der Waals surface area contributed by atoms with Gasteiger partial charge in [0.1, 0.15) is 5.82 Å². The number of morpholine rings is 1. The maximum absolute atomic E-state index is 12.9. The van der Waals surface area contributed by atoms with E-state index in [-0.39, 0.29) is 5.92 Å². The van der Waals surface area contributed by atoms with Crippen molar-refractivity contribution in [3.63, 3.8) is 0 Å². The van der Waals surface area contributed by atoms with Crippen LogP contribution < -0.4 is 0 Å². The average Bonchev–Trinajstić information content (AvgIpc) is 2.75. The molecule has 1 aromatic rings. The summed E-state index contributed by atoms with van der Waals surface area (Å²) in [7, 11) is 0. The van der Waals surface area contributed by atoms with Gasteiger partial charge in [-0.1, -0.05) is 0 Å². The summed E-state index contributed by atoms with van der Waals surface area (Å²) >= 11 is 0. The lowest BCUT2D eigenvalue weighted by molar-refractivity contribution is -0.142. The van der Waals surface area contributed by atoms with E-state index in [0.717, 1.165) is 64.5 Å². The van der Waals surface area contributed by atoms with Gasteiger partial charge in [-0.25, -0.2) is 9.97 Å². The molecule has 7 heteroatoms. The average molecular weight is 374 g/mol. The molecule has 27 heavy (non-hydrogen) atoms. The summed E-state index contributed by atoms with van der Waals surface area (Å²) in [6.07, 6.45) is 8.15. The summed E-state index contributed by atoms with van der Waals surface area (Å²) < 4.78 is 5.39. The van der Waals surface area contributed by atoms with Gasteiger partial charge in [-0.3, -0.25) is 14.6 Å². The number of hydrogen-bond acceptors (Lipinski definition) is 6. The molecule has 1 aromatic heterocycles. The summed E-state index contributed by atoms with van der Waals surface area (Å²) in [4.78, 5) is 28.6. The Morgan fingerprint density at radius 1 is 1.04 bits per heavy atom. The molecular formula is C20H31N5O2. The van der Waals surface area contributed by atoms with E-state index in [9.17, 15) is 4.79 Å². The molecule has 0 bridgehead atoms. The number of ether oxygens (including phenoxy) is 1. The Kier molecular flexibility index (Phi) is 6.32. The summed E-state index contributed by atoms with van der Waals surface area (Å²) in [5.41, 5.74) is 0. The molecule has 0 saturated carbocycles. The SMILES string of the molecule is O=C(C1CCCN(C2CCN(Cc3ncccn3)CC2)C1)N1CCOCC1. The molecule has 148 valence electrons. The minimum absolute atomic E-state index is 0.174. The Morgan fingerprint density at radius 2 is 1.78 bits per heavy atom. The monoisotopic (exact) mass is 373 g/mol. The van der Waals surface area contributed by atoms with Crippen molar-refractivity contribution in [1.29, 1.82) is 0 Å². The van der Waals surface area contributed by atoms with Crippen LogP contribution in [0.3, 0.4) is 0 Å². The number of amides is 1. The van der Waals surface area contributed by atoms with Gasteiger partial charge in [0.2, 0.25) is 5.91 Å². The minimum atomic E-state index is 0.174. The van der Waals surface area contributed by atoms with Gasteiger partial charge in [-0.15, -0.1) is 0 Å². The number of hydrogen-bond donors (Lipinski definition) is 0. The topological polar surface area (TPSA) is 61.8 Å². The van der Waals surface area contributed by atoms with Crippen LogP contribution in [0.25, 0.3) is 0 Å². The number of nitrogens with zero attached hydrogens (tertiary/aromatic N) is 5. The van der Waals surface area contributed by atoms with Crippen LogP contribution >= 0.6 is 0 Å². The van der Waals surface area contributed by atoms with Crippen LogP contribution in [0.5, 0.6) is 0 Å². The molecule has 0 N–H and O–H groups in total. The molecule has 0 radical (unpaired) electrons. The molecule has 3 fully saturated rings. The van der Waals surface area contributed by atoms with Crippen molar-refractivity contribution in [3.8, 4) is 0 Å². The first kappa shape index (κ1) is 18.8. The van der Waals surface area contributed by atoms with Gasteiger partial charge in [-0.2, -0.15) is 0 Å². The van der Waals surface area contributed by atoms with E-state index in [2.05, 4.69) is 19.8 Å². The Labute approximate surface area is 161 Å². The lowest BCUT2D eigenvalue weighted by Crippen LogP contribution is -2.52. The first-order chi connectivity index (χ1) is 13.3. The molecule has 1 atom stereocenters. The van der Waals surface area contributed by atoms with Crippen LogP contribution in [0.1, 0.15) is 31.5 Å². The van der Waals surface area contributed by atoms with Gasteiger partial charge < -0.3 is 9.64 Å². The van der Waals surface area contributed by atoms with Crippen molar-refractivity contribution in [3.05, 3.63) is 24.3 Å². The molecule has 4 rings (SSSR count). The predicted molar refractivity (Wildman–Crippen MR) is 102 cm³/mol. The first-order valence-electron chi connectivity index (χ1n) is 10.4. The van der Waals surface area contributed by atoms with Crippen molar-refractivity contribution in [2.45, 2.75) is 38.3 Å². The van der Waals surface area contributed by atoms with E-state index < -0.39 is 0 Å². The summed E-state index contributed by atoms with van der Waals surface area (Å²) in [5.74, 6) is 1.43. The second kappa shape index (κ2) is 9.08. The smallest absolute Gasteiger partial charge is 0.227 e. The fraction of sp³-hybridized carbons (Fsp3) is 0.750. The van der Waals surface area contributed by atoms with E-state index in [0.29, 0.717) is 25.2 Å². The van der Waals surface area contributed by atoms with Gasteiger partial charge in [0.05, 0.1) is 25.7 Å². The van der Waals surface area contributed by atoms with E-state index >= 15 is 0 Å². The van der Waals surface area contributed by atoms with E-state index in [1.807, 2.05) is 23.4 Å².